The van der Waals surface area contributed by atoms with Crippen LogP contribution < -0.4 is 0 Å². The van der Waals surface area contributed by atoms with Gasteiger partial charge in [0.25, 0.3) is 0 Å². The van der Waals surface area contributed by atoms with Crippen LogP contribution in [0.1, 0.15) is 12.6 Å². The number of fused-ring (bicyclic) bond motifs is 1. The van der Waals surface area contributed by atoms with Crippen LogP contribution in [0.15, 0.2) is 83.9 Å². The predicted octanol–water partition coefficient (Wildman–Crippen LogP) is 4.36. The van der Waals surface area contributed by atoms with Crippen LogP contribution in [0, 0.1) is 0 Å². The lowest BCUT2D eigenvalue weighted by Crippen LogP contribution is -2.16. The predicted molar refractivity (Wildman–Crippen MR) is 117 cm³/mol. The van der Waals surface area contributed by atoms with E-state index in [1.165, 1.54) is 28.1 Å². The van der Waals surface area contributed by atoms with E-state index in [2.05, 4.69) is 83.2 Å². The monoisotopic (exact) mass is 402 g/mol. The Morgan fingerprint density at radius 1 is 0.900 bits per heavy atom. The van der Waals surface area contributed by atoms with Crippen molar-refractivity contribution in [2.24, 2.45) is 4.99 Å². The average Bonchev–Trinajstić information content (AvgIpc) is 3.15. The maximum atomic E-state index is 9.55. The summed E-state index contributed by atoms with van der Waals surface area (Å²) >= 11 is 0. The quantitative estimate of drug-likeness (QED) is 0.635. The van der Waals surface area contributed by atoms with E-state index < -0.39 is 11.9 Å². The van der Waals surface area contributed by atoms with Gasteiger partial charge in [-0.05, 0) is 24.1 Å². The second-order valence-corrected chi connectivity index (χ2v) is 6.65. The summed E-state index contributed by atoms with van der Waals surface area (Å²) in [4.78, 5) is 23.7. The maximum Gasteiger partial charge on any atom is 0.328 e. The molecule has 4 rings (SSSR count). The normalized spacial score (nSPS) is 12.5. The zero-order valence-electron chi connectivity index (χ0n) is 16.5. The molecule has 0 aliphatic carbocycles. The molecule has 1 aliphatic rings. The van der Waals surface area contributed by atoms with Crippen molar-refractivity contribution < 1.29 is 19.8 Å². The molecule has 0 radical (unpaired) electrons. The molecule has 0 amide bonds. The van der Waals surface area contributed by atoms with Gasteiger partial charge in [-0.25, -0.2) is 9.59 Å². The summed E-state index contributed by atoms with van der Waals surface area (Å²) < 4.78 is 2.42. The number of aromatic nitrogens is 1. The van der Waals surface area contributed by atoms with Gasteiger partial charge in [0.1, 0.15) is 0 Å². The molecule has 0 saturated carbocycles. The molecule has 2 N–H and O–H groups in total. The Morgan fingerprint density at radius 3 is 1.97 bits per heavy atom. The minimum absolute atomic E-state index is 0.558. The topological polar surface area (TPSA) is 91.9 Å². The van der Waals surface area contributed by atoms with Crippen molar-refractivity contribution in [1.82, 2.24) is 4.57 Å². The van der Waals surface area contributed by atoms with Gasteiger partial charge in [-0.1, -0.05) is 60.7 Å². The third kappa shape index (κ3) is 4.91. The van der Waals surface area contributed by atoms with Gasteiger partial charge >= 0.3 is 11.9 Å². The summed E-state index contributed by atoms with van der Waals surface area (Å²) in [6.45, 7) is 3.92. The van der Waals surface area contributed by atoms with Crippen LogP contribution in [0.2, 0.25) is 0 Å². The molecule has 0 unspecified atom stereocenters. The van der Waals surface area contributed by atoms with Gasteiger partial charge < -0.3 is 14.8 Å². The first kappa shape index (κ1) is 20.8. The highest BCUT2D eigenvalue weighted by molar-refractivity contribution is 6.01. The Morgan fingerprint density at radius 2 is 1.43 bits per heavy atom. The Labute approximate surface area is 174 Å². The lowest BCUT2D eigenvalue weighted by atomic mass is 10.0. The summed E-state index contributed by atoms with van der Waals surface area (Å²) in [5.41, 5.74) is 7.49. The second kappa shape index (κ2) is 9.52. The summed E-state index contributed by atoms with van der Waals surface area (Å²) in [5, 5.41) is 15.6. The molecule has 3 aromatic rings. The van der Waals surface area contributed by atoms with E-state index >= 15 is 0 Å². The summed E-state index contributed by atoms with van der Waals surface area (Å²) in [5.74, 6) is -2.51. The third-order valence-electron chi connectivity index (χ3n) is 4.64. The number of nitrogens with zero attached hydrogens (tertiary/aromatic N) is 2. The molecule has 6 heteroatoms. The molecule has 0 atom stereocenters. The van der Waals surface area contributed by atoms with Crippen LogP contribution in [0.4, 0.5) is 0 Å². The van der Waals surface area contributed by atoms with Crippen molar-refractivity contribution in [1.29, 1.82) is 0 Å². The maximum absolute atomic E-state index is 9.55. The fourth-order valence-corrected chi connectivity index (χ4v) is 3.37. The van der Waals surface area contributed by atoms with Gasteiger partial charge in [0.2, 0.25) is 0 Å². The molecule has 1 aromatic heterocycles. The average molecular weight is 402 g/mol. The number of aliphatic imine (C=N–C) groups is 1. The van der Waals surface area contributed by atoms with Crippen molar-refractivity contribution in [3.05, 3.63) is 84.6 Å². The number of carboxylic acids is 2. The van der Waals surface area contributed by atoms with E-state index in [1.807, 2.05) is 0 Å². The highest BCUT2D eigenvalue weighted by Gasteiger charge is 2.20. The van der Waals surface area contributed by atoms with E-state index in [4.69, 9.17) is 10.2 Å². The van der Waals surface area contributed by atoms with Gasteiger partial charge in [0.05, 0.1) is 23.6 Å². The first-order valence-corrected chi connectivity index (χ1v) is 9.47. The lowest BCUT2D eigenvalue weighted by Gasteiger charge is -2.17. The molecule has 0 spiro atoms. The third-order valence-corrected chi connectivity index (χ3v) is 4.64. The van der Waals surface area contributed by atoms with Crippen LogP contribution >= 0.6 is 0 Å². The molecule has 6 nitrogen and oxygen atoms in total. The van der Waals surface area contributed by atoms with E-state index in [1.54, 1.807) is 0 Å². The van der Waals surface area contributed by atoms with Crippen LogP contribution in [0.25, 0.3) is 22.4 Å². The zero-order valence-corrected chi connectivity index (χ0v) is 16.5. The van der Waals surface area contributed by atoms with Gasteiger partial charge in [-0.15, -0.1) is 0 Å². The molecule has 2 heterocycles. The highest BCUT2D eigenvalue weighted by Crippen LogP contribution is 2.36. The molecule has 0 bridgehead atoms. The fraction of sp³-hybridized carbons (Fsp3) is 0.125. The van der Waals surface area contributed by atoms with Gasteiger partial charge in [0.15, 0.2) is 0 Å². The van der Waals surface area contributed by atoms with Crippen LogP contribution in [0.5, 0.6) is 0 Å². The molecule has 0 fully saturated rings. The Hall–Kier alpha value is -3.93. The number of benzene rings is 2. The highest BCUT2D eigenvalue weighted by atomic mass is 16.4. The van der Waals surface area contributed by atoms with E-state index in [0.29, 0.717) is 12.2 Å². The summed E-state index contributed by atoms with van der Waals surface area (Å²) in [6, 6.07) is 23.6. The Balaban J connectivity index is 0.000000275. The van der Waals surface area contributed by atoms with Gasteiger partial charge in [-0.3, -0.25) is 4.99 Å². The zero-order chi connectivity index (χ0) is 21.5. The number of aliphatic carboxylic acids is 2. The van der Waals surface area contributed by atoms with Gasteiger partial charge in [0, 0.05) is 24.3 Å². The SMILES string of the molecule is CC1=NCCn2c1cc(-c1ccccc1)c2-c1ccccc1.O=C(O)C=CC(=O)O. The van der Waals surface area contributed by atoms with Crippen molar-refractivity contribution in [2.75, 3.05) is 6.54 Å². The van der Waals surface area contributed by atoms with Crippen LogP contribution in [0.3, 0.4) is 0 Å². The molecule has 2 aromatic carbocycles. The van der Waals surface area contributed by atoms with E-state index in [9.17, 15) is 9.59 Å². The van der Waals surface area contributed by atoms with Gasteiger partial charge in [-0.2, -0.15) is 0 Å². The number of hydrogen-bond donors (Lipinski definition) is 2. The fourth-order valence-electron chi connectivity index (χ4n) is 3.37. The van der Waals surface area contributed by atoms with Crippen molar-refractivity contribution >= 4 is 17.7 Å². The van der Waals surface area contributed by atoms with Crippen molar-refractivity contribution in [3.8, 4) is 22.4 Å². The number of carboxylic acid groups (broad SMARTS) is 2. The first-order chi connectivity index (χ1) is 14.5. The number of carbonyl (C=O) groups is 2. The standard InChI is InChI=1S/C20H18N2.C4H4O4/c1-15-19-14-18(16-8-4-2-5-9-16)20(22(19)13-12-21-15)17-10-6-3-7-11-17;5-3(6)1-2-4(7)8/h2-11,14H,12-13H2,1H3;1-2H,(H,5,6)(H,7,8). The van der Waals surface area contributed by atoms with Crippen LogP contribution in [-0.2, 0) is 16.1 Å². The molecular formula is C24H22N2O4. The Bertz CT molecular complexity index is 1080. The molecular weight excluding hydrogens is 380 g/mol. The van der Waals surface area contributed by atoms with E-state index in [-0.39, 0.29) is 0 Å². The number of rotatable bonds is 4. The first-order valence-electron chi connectivity index (χ1n) is 9.47. The number of hydrogen-bond acceptors (Lipinski definition) is 3. The van der Waals surface area contributed by atoms with Crippen molar-refractivity contribution in [2.45, 2.75) is 13.5 Å². The second-order valence-electron chi connectivity index (χ2n) is 6.65. The molecule has 1 aliphatic heterocycles. The summed E-state index contributed by atoms with van der Waals surface area (Å²) in [6.07, 6.45) is 1.12. The largest absolute Gasteiger partial charge is 0.478 e. The Kier molecular flexibility index (Phi) is 6.60. The van der Waals surface area contributed by atoms with Crippen molar-refractivity contribution in [3.63, 3.8) is 0 Å². The van der Waals surface area contributed by atoms with Crippen LogP contribution in [-0.4, -0.2) is 39.0 Å². The smallest absolute Gasteiger partial charge is 0.328 e. The minimum Gasteiger partial charge on any atom is -0.478 e. The molecule has 0 saturated heterocycles. The molecule has 152 valence electrons. The molecule has 30 heavy (non-hydrogen) atoms. The van der Waals surface area contributed by atoms with E-state index in [0.717, 1.165) is 18.8 Å². The lowest BCUT2D eigenvalue weighted by molar-refractivity contribution is -0.134. The minimum atomic E-state index is -1.26. The summed E-state index contributed by atoms with van der Waals surface area (Å²) in [7, 11) is 0.